The molecule has 0 amide bonds. The van der Waals surface area contributed by atoms with Crippen molar-refractivity contribution in [2.75, 3.05) is 18.9 Å². The van der Waals surface area contributed by atoms with E-state index in [1.165, 1.54) is 0 Å². The van der Waals surface area contributed by atoms with Crippen molar-refractivity contribution >= 4 is 5.82 Å². The summed E-state index contributed by atoms with van der Waals surface area (Å²) in [6.07, 6.45) is 7.80. The van der Waals surface area contributed by atoms with E-state index in [-0.39, 0.29) is 0 Å². The van der Waals surface area contributed by atoms with Crippen LogP contribution in [0.2, 0.25) is 0 Å². The summed E-state index contributed by atoms with van der Waals surface area (Å²) in [6.45, 7) is 1.59. The van der Waals surface area contributed by atoms with Gasteiger partial charge in [-0.05, 0) is 36.6 Å². The molecule has 1 saturated heterocycles. The summed E-state index contributed by atoms with van der Waals surface area (Å²) >= 11 is 0. The second-order valence-electron chi connectivity index (χ2n) is 7.36. The minimum absolute atomic E-state index is 0.399. The van der Waals surface area contributed by atoms with Gasteiger partial charge in [0, 0.05) is 53.7 Å². The van der Waals surface area contributed by atoms with Crippen molar-refractivity contribution in [1.29, 1.82) is 0 Å². The van der Waals surface area contributed by atoms with Gasteiger partial charge in [0.1, 0.15) is 5.82 Å². The van der Waals surface area contributed by atoms with Crippen LogP contribution in [-0.4, -0.2) is 33.0 Å². The summed E-state index contributed by atoms with van der Waals surface area (Å²) in [5, 5.41) is 4.58. The number of anilines is 1. The van der Waals surface area contributed by atoms with E-state index in [2.05, 4.69) is 50.2 Å². The second kappa shape index (κ2) is 7.56. The summed E-state index contributed by atoms with van der Waals surface area (Å²) in [5.41, 5.74) is 12.3. The molecule has 146 valence electrons. The normalized spacial score (nSPS) is 14.9. The molecule has 3 aromatic heterocycles. The highest BCUT2D eigenvalue weighted by Gasteiger charge is 2.17. The molecular weight excluding hydrogens is 362 g/mol. The Morgan fingerprint density at radius 1 is 0.931 bits per heavy atom. The van der Waals surface area contributed by atoms with Crippen LogP contribution in [0.25, 0.3) is 33.6 Å². The molecule has 1 aromatic carbocycles. The largest absolute Gasteiger partial charge is 0.383 e. The number of aromatic nitrogens is 4. The van der Waals surface area contributed by atoms with Gasteiger partial charge in [-0.15, -0.1) is 0 Å². The molecule has 1 fully saturated rings. The van der Waals surface area contributed by atoms with Crippen LogP contribution in [0.3, 0.4) is 0 Å². The Morgan fingerprint density at radius 3 is 2.55 bits per heavy atom. The first kappa shape index (κ1) is 17.7. The molecule has 6 heteroatoms. The highest BCUT2D eigenvalue weighted by molar-refractivity contribution is 5.79. The molecule has 0 atom stereocenters. The van der Waals surface area contributed by atoms with Crippen LogP contribution in [0.1, 0.15) is 18.9 Å². The highest BCUT2D eigenvalue weighted by Crippen LogP contribution is 2.31. The predicted octanol–water partition coefficient (Wildman–Crippen LogP) is 4.54. The SMILES string of the molecule is Nc1ncc(-c2cnn(C3CCOCC3)c2)cc1-c1ccc(-c2ccccc2)[nH]1. The molecule has 5 rings (SSSR count). The van der Waals surface area contributed by atoms with Crippen molar-refractivity contribution in [3.05, 3.63) is 67.1 Å². The molecule has 0 aliphatic carbocycles. The molecule has 3 N–H and O–H groups in total. The van der Waals surface area contributed by atoms with Crippen LogP contribution in [-0.2, 0) is 4.74 Å². The quantitative estimate of drug-likeness (QED) is 0.540. The van der Waals surface area contributed by atoms with Gasteiger partial charge in [0.2, 0.25) is 0 Å². The zero-order valence-corrected chi connectivity index (χ0v) is 16.1. The minimum atomic E-state index is 0.399. The number of hydrogen-bond donors (Lipinski definition) is 2. The lowest BCUT2D eigenvalue weighted by molar-refractivity contribution is 0.0662. The van der Waals surface area contributed by atoms with Crippen LogP contribution in [0.15, 0.2) is 67.1 Å². The molecule has 0 bridgehead atoms. The lowest BCUT2D eigenvalue weighted by Gasteiger charge is -2.22. The van der Waals surface area contributed by atoms with Gasteiger partial charge in [0.05, 0.1) is 12.2 Å². The summed E-state index contributed by atoms with van der Waals surface area (Å²) in [4.78, 5) is 7.90. The van der Waals surface area contributed by atoms with Crippen molar-refractivity contribution in [3.8, 4) is 33.6 Å². The number of aromatic amines is 1. The molecule has 0 saturated carbocycles. The van der Waals surface area contributed by atoms with Crippen LogP contribution < -0.4 is 5.73 Å². The number of nitrogens with one attached hydrogen (secondary N) is 1. The Morgan fingerprint density at radius 2 is 1.72 bits per heavy atom. The van der Waals surface area contributed by atoms with E-state index in [0.717, 1.165) is 59.7 Å². The molecule has 4 aromatic rings. The third kappa shape index (κ3) is 3.54. The first-order valence-corrected chi connectivity index (χ1v) is 9.90. The fourth-order valence-electron chi connectivity index (χ4n) is 3.82. The molecule has 29 heavy (non-hydrogen) atoms. The average Bonchev–Trinajstić information content (AvgIpc) is 3.46. The average molecular weight is 385 g/mol. The number of nitrogens with two attached hydrogens (primary N) is 1. The number of nitrogen functional groups attached to an aromatic ring is 1. The van der Waals surface area contributed by atoms with Gasteiger partial charge >= 0.3 is 0 Å². The van der Waals surface area contributed by atoms with E-state index in [9.17, 15) is 0 Å². The highest BCUT2D eigenvalue weighted by atomic mass is 16.5. The first-order valence-electron chi connectivity index (χ1n) is 9.90. The lowest BCUT2D eigenvalue weighted by atomic mass is 10.1. The van der Waals surface area contributed by atoms with Crippen molar-refractivity contribution in [2.24, 2.45) is 0 Å². The predicted molar refractivity (Wildman–Crippen MR) is 114 cm³/mol. The van der Waals surface area contributed by atoms with Gasteiger partial charge in [0.25, 0.3) is 0 Å². The number of nitrogens with zero attached hydrogens (tertiary/aromatic N) is 3. The van der Waals surface area contributed by atoms with E-state index in [0.29, 0.717) is 11.9 Å². The van der Waals surface area contributed by atoms with E-state index >= 15 is 0 Å². The maximum Gasteiger partial charge on any atom is 0.132 e. The summed E-state index contributed by atoms with van der Waals surface area (Å²) in [5.74, 6) is 0.507. The van der Waals surface area contributed by atoms with Gasteiger partial charge in [-0.25, -0.2) is 4.98 Å². The summed E-state index contributed by atoms with van der Waals surface area (Å²) < 4.78 is 7.51. The maximum absolute atomic E-state index is 6.20. The van der Waals surface area contributed by atoms with Crippen LogP contribution >= 0.6 is 0 Å². The van der Waals surface area contributed by atoms with Gasteiger partial charge in [0.15, 0.2) is 0 Å². The van der Waals surface area contributed by atoms with Crippen molar-refractivity contribution < 1.29 is 4.74 Å². The van der Waals surface area contributed by atoms with E-state index in [1.54, 1.807) is 0 Å². The van der Waals surface area contributed by atoms with E-state index in [1.807, 2.05) is 36.7 Å². The van der Waals surface area contributed by atoms with E-state index < -0.39 is 0 Å². The summed E-state index contributed by atoms with van der Waals surface area (Å²) in [7, 11) is 0. The van der Waals surface area contributed by atoms with Crippen molar-refractivity contribution in [3.63, 3.8) is 0 Å². The molecule has 4 heterocycles. The Bertz CT molecular complexity index is 1110. The fourth-order valence-corrected chi connectivity index (χ4v) is 3.82. The monoisotopic (exact) mass is 385 g/mol. The third-order valence-corrected chi connectivity index (χ3v) is 5.48. The Hall–Kier alpha value is -3.38. The molecule has 0 unspecified atom stereocenters. The number of hydrogen-bond acceptors (Lipinski definition) is 4. The van der Waals surface area contributed by atoms with Crippen LogP contribution in [0.4, 0.5) is 5.82 Å². The van der Waals surface area contributed by atoms with Gasteiger partial charge in [-0.1, -0.05) is 30.3 Å². The van der Waals surface area contributed by atoms with Gasteiger partial charge in [-0.2, -0.15) is 5.10 Å². The number of H-pyrrole nitrogens is 1. The third-order valence-electron chi connectivity index (χ3n) is 5.48. The number of benzene rings is 1. The Kier molecular flexibility index (Phi) is 4.62. The van der Waals surface area contributed by atoms with Crippen molar-refractivity contribution in [1.82, 2.24) is 19.7 Å². The molecule has 1 aliphatic rings. The van der Waals surface area contributed by atoms with Crippen LogP contribution in [0.5, 0.6) is 0 Å². The van der Waals surface area contributed by atoms with Crippen molar-refractivity contribution in [2.45, 2.75) is 18.9 Å². The topological polar surface area (TPSA) is 81.8 Å². The van der Waals surface area contributed by atoms with Gasteiger partial charge < -0.3 is 15.5 Å². The van der Waals surface area contributed by atoms with Gasteiger partial charge in [-0.3, -0.25) is 4.68 Å². The lowest BCUT2D eigenvalue weighted by Crippen LogP contribution is -2.19. The number of rotatable bonds is 4. The molecule has 0 radical (unpaired) electrons. The molecule has 1 aliphatic heterocycles. The standard InChI is InChI=1S/C23H23N5O/c24-23-20(22-7-6-21(27-22)16-4-2-1-3-5-16)12-17(13-25-23)18-14-26-28(15-18)19-8-10-29-11-9-19/h1-7,12-15,19,27H,8-11H2,(H2,24,25). The molecule has 0 spiro atoms. The zero-order valence-electron chi connectivity index (χ0n) is 16.1. The number of pyridine rings is 1. The summed E-state index contributed by atoms with van der Waals surface area (Å²) in [6, 6.07) is 16.8. The minimum Gasteiger partial charge on any atom is -0.383 e. The first-order chi connectivity index (χ1) is 14.3. The van der Waals surface area contributed by atoms with E-state index in [4.69, 9.17) is 10.5 Å². The Labute approximate surface area is 169 Å². The van der Waals surface area contributed by atoms with Crippen LogP contribution in [0, 0.1) is 0 Å². The second-order valence-corrected chi connectivity index (χ2v) is 7.36. The number of ether oxygens (including phenoxy) is 1. The molecule has 6 nitrogen and oxygen atoms in total. The molecular formula is C23H23N5O. The zero-order chi connectivity index (χ0) is 19.6. The fraction of sp³-hybridized carbons (Fsp3) is 0.217. The maximum atomic E-state index is 6.20. The Balaban J connectivity index is 1.45. The smallest absolute Gasteiger partial charge is 0.132 e.